The number of nitrogens with zero attached hydrogens (tertiary/aromatic N) is 1. The molecular formula is C23H34N4O6S2. The van der Waals surface area contributed by atoms with Crippen molar-refractivity contribution in [2.75, 3.05) is 35.5 Å². The molecule has 1 fully saturated rings. The first-order valence-corrected chi connectivity index (χ1v) is 14.8. The standard InChI is InChI=1S/C23H34N4O6S2/c1-16(2)25-35(32,33)20-7-5-19(6-8-20)27-12-10-18(11-13-27)24-15-23(29)17-4-9-22(28)21(14-17)26-34(3,30)31/h4-9,14,16,18,23-26,28-29H,10-13,15H2,1-3H3/t23-/m0/s1. The molecule has 5 N–H and O–H groups in total. The molecule has 1 aliphatic heterocycles. The molecule has 0 bridgehead atoms. The summed E-state index contributed by atoms with van der Waals surface area (Å²) >= 11 is 0. The molecule has 1 atom stereocenters. The molecule has 1 heterocycles. The molecular weight excluding hydrogens is 492 g/mol. The van der Waals surface area contributed by atoms with Crippen molar-refractivity contribution in [1.82, 2.24) is 10.0 Å². The van der Waals surface area contributed by atoms with Gasteiger partial charge in [-0.05, 0) is 68.7 Å². The van der Waals surface area contributed by atoms with Crippen LogP contribution in [0.2, 0.25) is 0 Å². The van der Waals surface area contributed by atoms with Crippen LogP contribution >= 0.6 is 0 Å². The van der Waals surface area contributed by atoms with E-state index in [0.29, 0.717) is 5.56 Å². The highest BCUT2D eigenvalue weighted by atomic mass is 32.2. The second-order valence-corrected chi connectivity index (χ2v) is 12.6. The van der Waals surface area contributed by atoms with Gasteiger partial charge >= 0.3 is 0 Å². The average molecular weight is 527 g/mol. The number of phenols is 1. The number of anilines is 2. The molecule has 0 saturated carbocycles. The number of rotatable bonds is 10. The SMILES string of the molecule is CC(C)NS(=O)(=O)c1ccc(N2CCC(NC[C@H](O)c3ccc(O)c(NS(C)(=O)=O)c3)CC2)cc1. The molecule has 0 amide bonds. The maximum atomic E-state index is 12.3. The fourth-order valence-electron chi connectivity index (χ4n) is 3.99. The van der Waals surface area contributed by atoms with E-state index in [1.54, 1.807) is 32.0 Å². The molecule has 2 aromatic carbocycles. The fraction of sp³-hybridized carbons (Fsp3) is 0.478. The smallest absolute Gasteiger partial charge is 0.240 e. The van der Waals surface area contributed by atoms with Crippen molar-refractivity contribution in [2.45, 2.75) is 49.8 Å². The van der Waals surface area contributed by atoms with E-state index in [1.807, 2.05) is 12.1 Å². The first kappa shape index (κ1) is 27.2. The van der Waals surface area contributed by atoms with Crippen LogP contribution in [0.1, 0.15) is 38.4 Å². The summed E-state index contributed by atoms with van der Waals surface area (Å²) in [4.78, 5) is 2.44. The second kappa shape index (κ2) is 11.1. The topological polar surface area (TPSA) is 148 Å². The highest BCUT2D eigenvalue weighted by Gasteiger charge is 2.22. The van der Waals surface area contributed by atoms with Crippen LogP contribution in [0.25, 0.3) is 0 Å². The van der Waals surface area contributed by atoms with E-state index in [4.69, 9.17) is 0 Å². The maximum absolute atomic E-state index is 12.3. The van der Waals surface area contributed by atoms with Crippen LogP contribution in [0.4, 0.5) is 11.4 Å². The minimum atomic E-state index is -3.56. The van der Waals surface area contributed by atoms with E-state index < -0.39 is 26.2 Å². The number of nitrogens with one attached hydrogen (secondary N) is 3. The summed E-state index contributed by atoms with van der Waals surface area (Å²) in [6, 6.07) is 11.2. The number of phenolic OH excluding ortho intramolecular Hbond substituents is 1. The summed E-state index contributed by atoms with van der Waals surface area (Å²) in [6.45, 7) is 5.41. The molecule has 194 valence electrons. The lowest BCUT2D eigenvalue weighted by Crippen LogP contribution is -2.43. The molecule has 0 aliphatic carbocycles. The Labute approximate surface area is 207 Å². The largest absolute Gasteiger partial charge is 0.506 e. The Hall–Kier alpha value is -2.38. The zero-order valence-corrected chi connectivity index (χ0v) is 21.7. The van der Waals surface area contributed by atoms with Gasteiger partial charge in [-0.3, -0.25) is 4.72 Å². The number of aliphatic hydroxyl groups is 1. The van der Waals surface area contributed by atoms with Crippen molar-refractivity contribution in [3.63, 3.8) is 0 Å². The van der Waals surface area contributed by atoms with Crippen LogP contribution in [-0.2, 0) is 20.0 Å². The number of hydrogen-bond donors (Lipinski definition) is 5. The molecule has 0 unspecified atom stereocenters. The minimum Gasteiger partial charge on any atom is -0.506 e. The van der Waals surface area contributed by atoms with Crippen LogP contribution in [0.3, 0.4) is 0 Å². The van der Waals surface area contributed by atoms with Crippen molar-refractivity contribution >= 4 is 31.4 Å². The van der Waals surface area contributed by atoms with Gasteiger partial charge in [-0.25, -0.2) is 21.6 Å². The Morgan fingerprint density at radius 2 is 1.66 bits per heavy atom. The van der Waals surface area contributed by atoms with Crippen molar-refractivity contribution in [3.8, 4) is 5.75 Å². The zero-order chi connectivity index (χ0) is 25.8. The molecule has 35 heavy (non-hydrogen) atoms. The van der Waals surface area contributed by atoms with E-state index in [9.17, 15) is 27.0 Å². The zero-order valence-electron chi connectivity index (χ0n) is 20.1. The lowest BCUT2D eigenvalue weighted by Gasteiger charge is -2.34. The summed E-state index contributed by atoms with van der Waals surface area (Å²) in [6.07, 6.45) is 1.81. The van der Waals surface area contributed by atoms with E-state index >= 15 is 0 Å². The first-order valence-electron chi connectivity index (χ1n) is 11.4. The number of piperidine rings is 1. The van der Waals surface area contributed by atoms with Crippen molar-refractivity contribution < 1.29 is 27.0 Å². The molecule has 2 aromatic rings. The van der Waals surface area contributed by atoms with Gasteiger partial charge in [0.15, 0.2) is 0 Å². The first-order chi connectivity index (χ1) is 16.3. The molecule has 1 aliphatic rings. The lowest BCUT2D eigenvalue weighted by molar-refractivity contribution is 0.167. The summed E-state index contributed by atoms with van der Waals surface area (Å²) in [5.41, 5.74) is 1.47. The highest BCUT2D eigenvalue weighted by molar-refractivity contribution is 7.92. The van der Waals surface area contributed by atoms with E-state index in [0.717, 1.165) is 37.9 Å². The van der Waals surface area contributed by atoms with Crippen molar-refractivity contribution in [3.05, 3.63) is 48.0 Å². The molecule has 0 spiro atoms. The fourth-order valence-corrected chi connectivity index (χ4v) is 5.81. The van der Waals surface area contributed by atoms with E-state index in [2.05, 4.69) is 19.7 Å². The van der Waals surface area contributed by atoms with Crippen LogP contribution < -0.4 is 19.7 Å². The van der Waals surface area contributed by atoms with Crippen molar-refractivity contribution in [2.24, 2.45) is 0 Å². The summed E-state index contributed by atoms with van der Waals surface area (Å²) in [5, 5.41) is 23.8. The number of aliphatic hydroxyl groups excluding tert-OH is 1. The van der Waals surface area contributed by atoms with Gasteiger partial charge < -0.3 is 20.4 Å². The number of benzene rings is 2. The van der Waals surface area contributed by atoms with E-state index in [1.165, 1.54) is 12.1 Å². The monoisotopic (exact) mass is 526 g/mol. The van der Waals surface area contributed by atoms with Gasteiger partial charge in [-0.15, -0.1) is 0 Å². The Morgan fingerprint density at radius 3 is 2.23 bits per heavy atom. The third-order valence-electron chi connectivity index (χ3n) is 5.70. The molecule has 1 saturated heterocycles. The quantitative estimate of drug-likeness (QED) is 0.294. The molecule has 0 aromatic heterocycles. The van der Waals surface area contributed by atoms with Gasteiger partial charge in [-0.1, -0.05) is 6.07 Å². The van der Waals surface area contributed by atoms with Crippen LogP contribution in [0.5, 0.6) is 5.75 Å². The number of aromatic hydroxyl groups is 1. The number of sulfonamides is 2. The molecule has 12 heteroatoms. The number of hydrogen-bond acceptors (Lipinski definition) is 8. The Bertz CT molecular complexity index is 1210. The van der Waals surface area contributed by atoms with Gasteiger partial charge in [0.1, 0.15) is 5.75 Å². The predicted octanol–water partition coefficient (Wildman–Crippen LogP) is 1.74. The molecule has 0 radical (unpaired) electrons. The molecule has 3 rings (SSSR count). The van der Waals surface area contributed by atoms with Gasteiger partial charge in [0, 0.05) is 37.4 Å². The Balaban J connectivity index is 1.52. The Kier molecular flexibility index (Phi) is 8.65. The van der Waals surface area contributed by atoms with E-state index in [-0.39, 0.29) is 35.0 Å². The highest BCUT2D eigenvalue weighted by Crippen LogP contribution is 2.28. The summed E-state index contributed by atoms with van der Waals surface area (Å²) < 4.78 is 52.3. The van der Waals surface area contributed by atoms with Crippen molar-refractivity contribution in [1.29, 1.82) is 0 Å². The predicted molar refractivity (Wildman–Crippen MR) is 137 cm³/mol. The minimum absolute atomic E-state index is 0.0242. The summed E-state index contributed by atoms with van der Waals surface area (Å²) in [7, 11) is -7.08. The Morgan fingerprint density at radius 1 is 1.03 bits per heavy atom. The van der Waals surface area contributed by atoms with Gasteiger partial charge in [-0.2, -0.15) is 0 Å². The van der Waals surface area contributed by atoms with Crippen LogP contribution in [0, 0.1) is 0 Å². The molecule has 10 nitrogen and oxygen atoms in total. The summed E-state index contributed by atoms with van der Waals surface area (Å²) in [5.74, 6) is -0.214. The lowest BCUT2D eigenvalue weighted by atomic mass is 10.0. The van der Waals surface area contributed by atoms with Gasteiger partial charge in [0.2, 0.25) is 20.0 Å². The van der Waals surface area contributed by atoms with Crippen LogP contribution in [0.15, 0.2) is 47.4 Å². The van der Waals surface area contributed by atoms with Gasteiger partial charge in [0.05, 0.1) is 22.9 Å². The van der Waals surface area contributed by atoms with Crippen LogP contribution in [-0.4, -0.2) is 65.0 Å². The third kappa shape index (κ3) is 7.80. The third-order valence-corrected chi connectivity index (χ3v) is 7.96. The maximum Gasteiger partial charge on any atom is 0.240 e. The normalized spacial score (nSPS) is 16.4. The second-order valence-electron chi connectivity index (χ2n) is 9.11. The van der Waals surface area contributed by atoms with Gasteiger partial charge in [0.25, 0.3) is 0 Å². The average Bonchev–Trinajstić information content (AvgIpc) is 2.77.